The number of thioether (sulfide) groups is 1. The molecule has 0 saturated heterocycles. The van der Waals surface area contributed by atoms with Gasteiger partial charge in [-0.1, -0.05) is 5.16 Å². The molecule has 0 bridgehead atoms. The molecule has 0 unspecified atom stereocenters. The monoisotopic (exact) mass is 241 g/mol. The number of aromatic amines is 1. The summed E-state index contributed by atoms with van der Waals surface area (Å²) in [7, 11) is 0. The van der Waals surface area contributed by atoms with Gasteiger partial charge >= 0.3 is 5.97 Å². The molecular weight excluding hydrogens is 234 g/mol. The number of aromatic nitrogens is 5. The third-order valence-corrected chi connectivity index (χ3v) is 2.47. The first kappa shape index (κ1) is 10.6. The number of carboxylic acids is 1. The standard InChI is InChI=1S/C7H7N5O3S/c13-6(14)3-16-2-5-9-7(11-15-5)4-1-8-12-10-4/h1H,2-3H2,(H,13,14)(H,8,10,12). The minimum atomic E-state index is -0.874. The van der Waals surface area contributed by atoms with Crippen molar-refractivity contribution in [2.24, 2.45) is 0 Å². The Balaban J connectivity index is 1.95. The lowest BCUT2D eigenvalue weighted by Gasteiger charge is -1.90. The molecule has 0 aromatic carbocycles. The summed E-state index contributed by atoms with van der Waals surface area (Å²) in [6, 6.07) is 0. The van der Waals surface area contributed by atoms with Crippen LogP contribution in [0, 0.1) is 0 Å². The van der Waals surface area contributed by atoms with Gasteiger partial charge < -0.3 is 9.63 Å². The summed E-state index contributed by atoms with van der Waals surface area (Å²) in [5, 5.41) is 22.0. The van der Waals surface area contributed by atoms with Crippen LogP contribution in [0.4, 0.5) is 0 Å². The molecule has 2 heterocycles. The fourth-order valence-corrected chi connectivity index (χ4v) is 1.52. The minimum Gasteiger partial charge on any atom is -0.481 e. The van der Waals surface area contributed by atoms with E-state index in [1.807, 2.05) is 0 Å². The van der Waals surface area contributed by atoms with Gasteiger partial charge in [0.15, 0.2) is 5.69 Å². The van der Waals surface area contributed by atoms with Gasteiger partial charge in [-0.15, -0.1) is 11.8 Å². The van der Waals surface area contributed by atoms with Crippen molar-refractivity contribution in [3.63, 3.8) is 0 Å². The van der Waals surface area contributed by atoms with Crippen LogP contribution in [0.1, 0.15) is 5.89 Å². The quantitative estimate of drug-likeness (QED) is 0.760. The summed E-state index contributed by atoms with van der Waals surface area (Å²) in [4.78, 5) is 14.3. The van der Waals surface area contributed by atoms with Crippen molar-refractivity contribution in [2.75, 3.05) is 5.75 Å². The lowest BCUT2D eigenvalue weighted by Crippen LogP contribution is -1.98. The topological polar surface area (TPSA) is 118 Å². The summed E-state index contributed by atoms with van der Waals surface area (Å²) in [5.41, 5.74) is 0.484. The SMILES string of the molecule is O=C(O)CSCc1nc(-c2cn[nH]n2)no1. The zero-order chi connectivity index (χ0) is 11.4. The molecule has 8 nitrogen and oxygen atoms in total. The van der Waals surface area contributed by atoms with Crippen molar-refractivity contribution < 1.29 is 14.4 Å². The lowest BCUT2D eigenvalue weighted by atomic mass is 10.5. The highest BCUT2D eigenvalue weighted by Gasteiger charge is 2.11. The second-order valence-corrected chi connectivity index (χ2v) is 3.74. The number of rotatable bonds is 5. The highest BCUT2D eigenvalue weighted by Crippen LogP contribution is 2.14. The first-order valence-electron chi connectivity index (χ1n) is 4.24. The van der Waals surface area contributed by atoms with Crippen molar-refractivity contribution in [3.05, 3.63) is 12.1 Å². The third-order valence-electron chi connectivity index (χ3n) is 1.56. The van der Waals surface area contributed by atoms with Crippen molar-refractivity contribution in [1.29, 1.82) is 0 Å². The van der Waals surface area contributed by atoms with Crippen LogP contribution in [-0.2, 0) is 10.5 Å². The summed E-state index contributed by atoms with van der Waals surface area (Å²) in [6.07, 6.45) is 1.47. The maximum Gasteiger partial charge on any atom is 0.313 e. The number of aliphatic carboxylic acids is 1. The Bertz CT molecular complexity index is 468. The maximum absolute atomic E-state index is 10.3. The smallest absolute Gasteiger partial charge is 0.313 e. The molecule has 2 N–H and O–H groups in total. The van der Waals surface area contributed by atoms with E-state index in [1.165, 1.54) is 18.0 Å². The largest absolute Gasteiger partial charge is 0.481 e. The number of hydrogen-bond acceptors (Lipinski definition) is 7. The highest BCUT2D eigenvalue weighted by atomic mass is 32.2. The van der Waals surface area contributed by atoms with Crippen LogP contribution in [0.15, 0.2) is 10.7 Å². The average Bonchev–Trinajstić information content (AvgIpc) is 2.85. The van der Waals surface area contributed by atoms with Crippen LogP contribution < -0.4 is 0 Å². The zero-order valence-electron chi connectivity index (χ0n) is 7.95. The maximum atomic E-state index is 10.3. The normalized spacial score (nSPS) is 10.5. The summed E-state index contributed by atoms with van der Waals surface area (Å²) in [6.45, 7) is 0. The van der Waals surface area contributed by atoms with Crippen LogP contribution in [-0.4, -0.2) is 42.4 Å². The van der Waals surface area contributed by atoms with Gasteiger partial charge in [0.1, 0.15) is 0 Å². The Kier molecular flexibility index (Phi) is 3.15. The van der Waals surface area contributed by atoms with Crippen LogP contribution in [0.5, 0.6) is 0 Å². The Morgan fingerprint density at radius 3 is 3.19 bits per heavy atom. The molecule has 0 radical (unpaired) electrons. The van der Waals surface area contributed by atoms with Gasteiger partial charge in [0.25, 0.3) is 0 Å². The van der Waals surface area contributed by atoms with Crippen molar-refractivity contribution >= 4 is 17.7 Å². The molecule has 2 rings (SSSR count). The Morgan fingerprint density at radius 2 is 2.50 bits per heavy atom. The molecule has 2 aromatic heterocycles. The summed E-state index contributed by atoms with van der Waals surface area (Å²) >= 11 is 1.19. The van der Waals surface area contributed by atoms with Gasteiger partial charge in [0, 0.05) is 0 Å². The van der Waals surface area contributed by atoms with Gasteiger partial charge in [0.05, 0.1) is 17.7 Å². The molecule has 9 heteroatoms. The Hall–Kier alpha value is -1.90. The molecule has 0 fully saturated rings. The number of hydrogen-bond donors (Lipinski definition) is 2. The van der Waals surface area contributed by atoms with Crippen molar-refractivity contribution in [1.82, 2.24) is 25.6 Å². The molecule has 16 heavy (non-hydrogen) atoms. The van der Waals surface area contributed by atoms with E-state index >= 15 is 0 Å². The molecule has 0 saturated carbocycles. The van der Waals surface area contributed by atoms with Crippen LogP contribution >= 0.6 is 11.8 Å². The predicted octanol–water partition coefficient (Wildman–Crippen LogP) is 0.172. The van der Waals surface area contributed by atoms with Gasteiger partial charge in [-0.05, 0) is 0 Å². The van der Waals surface area contributed by atoms with E-state index in [4.69, 9.17) is 9.63 Å². The highest BCUT2D eigenvalue weighted by molar-refractivity contribution is 7.99. The predicted molar refractivity (Wildman–Crippen MR) is 53.5 cm³/mol. The second-order valence-electron chi connectivity index (χ2n) is 2.75. The molecule has 0 spiro atoms. The zero-order valence-corrected chi connectivity index (χ0v) is 8.77. The number of nitrogens with zero attached hydrogens (tertiary/aromatic N) is 4. The first-order chi connectivity index (χ1) is 7.75. The molecular formula is C7H7N5O3S. The average molecular weight is 241 g/mol. The summed E-state index contributed by atoms with van der Waals surface area (Å²) in [5.74, 6) is 0.184. The number of nitrogens with one attached hydrogen (secondary N) is 1. The fraction of sp³-hybridized carbons (Fsp3) is 0.286. The van der Waals surface area contributed by atoms with Gasteiger partial charge in [-0.2, -0.15) is 20.4 Å². The molecule has 84 valence electrons. The van der Waals surface area contributed by atoms with Crippen molar-refractivity contribution in [2.45, 2.75) is 5.75 Å². The number of carbonyl (C=O) groups is 1. The van der Waals surface area contributed by atoms with Crippen LogP contribution in [0.25, 0.3) is 11.5 Å². The van der Waals surface area contributed by atoms with E-state index in [0.717, 1.165) is 0 Å². The minimum absolute atomic E-state index is 0.00166. The number of H-pyrrole nitrogens is 1. The van der Waals surface area contributed by atoms with E-state index in [9.17, 15) is 4.79 Å². The molecule has 0 aliphatic rings. The van der Waals surface area contributed by atoms with Gasteiger partial charge in [-0.3, -0.25) is 4.79 Å². The molecule has 2 aromatic rings. The number of carboxylic acid groups (broad SMARTS) is 1. The van der Waals surface area contributed by atoms with Crippen LogP contribution in [0.2, 0.25) is 0 Å². The van der Waals surface area contributed by atoms with Gasteiger partial charge in [-0.25, -0.2) is 0 Å². The Labute approximate surface area is 93.4 Å². The Morgan fingerprint density at radius 1 is 1.62 bits per heavy atom. The van der Waals surface area contributed by atoms with E-state index in [0.29, 0.717) is 23.2 Å². The van der Waals surface area contributed by atoms with Crippen LogP contribution in [0.3, 0.4) is 0 Å². The second kappa shape index (κ2) is 4.75. The van der Waals surface area contributed by atoms with E-state index in [1.54, 1.807) is 0 Å². The van der Waals surface area contributed by atoms with Gasteiger partial charge in [0.2, 0.25) is 11.7 Å². The fourth-order valence-electron chi connectivity index (χ4n) is 0.953. The summed E-state index contributed by atoms with van der Waals surface area (Å²) < 4.78 is 4.91. The molecule has 0 aliphatic carbocycles. The van der Waals surface area contributed by atoms with E-state index in [2.05, 4.69) is 25.6 Å². The molecule has 0 aliphatic heterocycles. The van der Waals surface area contributed by atoms with E-state index < -0.39 is 5.97 Å². The molecule has 0 amide bonds. The van der Waals surface area contributed by atoms with Crippen molar-refractivity contribution in [3.8, 4) is 11.5 Å². The first-order valence-corrected chi connectivity index (χ1v) is 5.39. The van der Waals surface area contributed by atoms with E-state index in [-0.39, 0.29) is 5.75 Å². The third kappa shape index (κ3) is 2.57. The lowest BCUT2D eigenvalue weighted by molar-refractivity contribution is -0.133. The molecule has 0 atom stereocenters.